The molecule has 2 fully saturated rings. The summed E-state index contributed by atoms with van der Waals surface area (Å²) in [5.74, 6) is 4.10. The normalized spacial score (nSPS) is 22.5. The fraction of sp³-hybridized carbons (Fsp3) is 0.909. The number of thioether (sulfide) groups is 1. The Morgan fingerprint density at radius 1 is 1.31 bits per heavy atom. The second kappa shape index (κ2) is 7.63. The standard InChI is InChI=1S/C11H21N3S.HI/c12-11(14-6-8-15-9-7-14)13-5-4-10-2-1-3-10;/h10H,1-9H2,(H2,12,13);1H. The summed E-state index contributed by atoms with van der Waals surface area (Å²) < 4.78 is 0. The fourth-order valence-electron chi connectivity index (χ4n) is 2.04. The maximum atomic E-state index is 5.96. The molecular weight excluding hydrogens is 333 g/mol. The van der Waals surface area contributed by atoms with Crippen LogP contribution in [-0.2, 0) is 0 Å². The minimum absolute atomic E-state index is 0. The molecule has 1 saturated heterocycles. The molecule has 16 heavy (non-hydrogen) atoms. The lowest BCUT2D eigenvalue weighted by Gasteiger charge is -2.28. The third-order valence-corrected chi connectivity index (χ3v) is 4.31. The van der Waals surface area contributed by atoms with E-state index in [2.05, 4.69) is 9.89 Å². The van der Waals surface area contributed by atoms with Crippen LogP contribution in [0, 0.1) is 5.92 Å². The highest BCUT2D eigenvalue weighted by Gasteiger charge is 2.17. The van der Waals surface area contributed by atoms with Crippen LogP contribution < -0.4 is 5.73 Å². The molecule has 3 nitrogen and oxygen atoms in total. The number of hydrogen-bond acceptors (Lipinski definition) is 2. The SMILES string of the molecule is I.NC(=NCCC1CCC1)N1CCSCC1. The van der Waals surface area contributed by atoms with Crippen LogP contribution in [-0.4, -0.2) is 42.0 Å². The molecule has 1 aliphatic carbocycles. The Balaban J connectivity index is 0.00000128. The van der Waals surface area contributed by atoms with E-state index in [1.165, 1.54) is 37.2 Å². The number of nitrogens with two attached hydrogens (primary N) is 1. The fourth-order valence-corrected chi connectivity index (χ4v) is 2.94. The molecule has 94 valence electrons. The summed E-state index contributed by atoms with van der Waals surface area (Å²) in [6, 6.07) is 0. The summed E-state index contributed by atoms with van der Waals surface area (Å²) in [6.07, 6.45) is 5.49. The lowest BCUT2D eigenvalue weighted by Crippen LogP contribution is -2.42. The van der Waals surface area contributed by atoms with E-state index < -0.39 is 0 Å². The largest absolute Gasteiger partial charge is 0.370 e. The molecule has 0 aromatic heterocycles. The van der Waals surface area contributed by atoms with Gasteiger partial charge in [-0.2, -0.15) is 11.8 Å². The summed E-state index contributed by atoms with van der Waals surface area (Å²) >= 11 is 2.01. The van der Waals surface area contributed by atoms with E-state index in [-0.39, 0.29) is 24.0 Å². The molecule has 0 aromatic carbocycles. The average Bonchev–Trinajstić information content (AvgIpc) is 2.23. The molecule has 2 rings (SSSR count). The second-order valence-electron chi connectivity index (χ2n) is 4.42. The van der Waals surface area contributed by atoms with Gasteiger partial charge in [-0.05, 0) is 12.3 Å². The molecule has 0 amide bonds. The van der Waals surface area contributed by atoms with Crippen molar-refractivity contribution in [3.05, 3.63) is 0 Å². The van der Waals surface area contributed by atoms with Gasteiger partial charge in [0.25, 0.3) is 0 Å². The van der Waals surface area contributed by atoms with Crippen LogP contribution in [0.15, 0.2) is 4.99 Å². The van der Waals surface area contributed by atoms with E-state index in [1.54, 1.807) is 0 Å². The van der Waals surface area contributed by atoms with E-state index in [0.29, 0.717) is 0 Å². The molecule has 1 heterocycles. The monoisotopic (exact) mass is 355 g/mol. The maximum absolute atomic E-state index is 5.96. The first-order valence-corrected chi connectivity index (χ1v) is 7.14. The van der Waals surface area contributed by atoms with Gasteiger partial charge in [0.05, 0.1) is 0 Å². The molecule has 2 aliphatic rings. The van der Waals surface area contributed by atoms with Crippen molar-refractivity contribution in [2.75, 3.05) is 31.1 Å². The van der Waals surface area contributed by atoms with Gasteiger partial charge in [0.1, 0.15) is 0 Å². The van der Waals surface area contributed by atoms with Crippen molar-refractivity contribution in [2.24, 2.45) is 16.6 Å². The summed E-state index contributed by atoms with van der Waals surface area (Å²) in [5, 5.41) is 0. The number of guanidine groups is 1. The molecular formula is C11H22IN3S. The zero-order valence-corrected chi connectivity index (χ0v) is 12.9. The average molecular weight is 355 g/mol. The van der Waals surface area contributed by atoms with Gasteiger partial charge in [-0.15, -0.1) is 24.0 Å². The molecule has 0 aromatic rings. The minimum atomic E-state index is 0. The molecule has 2 N–H and O–H groups in total. The van der Waals surface area contributed by atoms with Crippen LogP contribution >= 0.6 is 35.7 Å². The first-order valence-electron chi connectivity index (χ1n) is 5.99. The molecule has 1 saturated carbocycles. The van der Waals surface area contributed by atoms with Crippen molar-refractivity contribution in [2.45, 2.75) is 25.7 Å². The number of nitrogens with zero attached hydrogens (tertiary/aromatic N) is 2. The zero-order valence-electron chi connectivity index (χ0n) is 9.73. The van der Waals surface area contributed by atoms with Crippen LogP contribution in [0.25, 0.3) is 0 Å². The van der Waals surface area contributed by atoms with E-state index in [4.69, 9.17) is 5.73 Å². The first-order chi connectivity index (χ1) is 7.36. The quantitative estimate of drug-likeness (QED) is 0.479. The van der Waals surface area contributed by atoms with Gasteiger partial charge >= 0.3 is 0 Å². The maximum Gasteiger partial charge on any atom is 0.191 e. The van der Waals surface area contributed by atoms with E-state index in [9.17, 15) is 0 Å². The molecule has 0 spiro atoms. The van der Waals surface area contributed by atoms with Crippen molar-refractivity contribution in [3.63, 3.8) is 0 Å². The van der Waals surface area contributed by atoms with Gasteiger partial charge in [0.15, 0.2) is 5.96 Å². The highest BCUT2D eigenvalue weighted by atomic mass is 127. The Kier molecular flexibility index (Phi) is 6.87. The molecule has 0 radical (unpaired) electrons. The van der Waals surface area contributed by atoms with E-state index in [0.717, 1.165) is 31.5 Å². The van der Waals surface area contributed by atoms with Crippen LogP contribution in [0.5, 0.6) is 0 Å². The van der Waals surface area contributed by atoms with Crippen LogP contribution in [0.1, 0.15) is 25.7 Å². The Labute approximate surface area is 120 Å². The number of halogens is 1. The second-order valence-corrected chi connectivity index (χ2v) is 5.65. The lowest BCUT2D eigenvalue weighted by molar-refractivity contribution is 0.300. The highest BCUT2D eigenvalue weighted by molar-refractivity contribution is 14.0. The van der Waals surface area contributed by atoms with Crippen molar-refractivity contribution >= 4 is 41.7 Å². The van der Waals surface area contributed by atoms with Crippen molar-refractivity contribution < 1.29 is 0 Å². The topological polar surface area (TPSA) is 41.6 Å². The van der Waals surface area contributed by atoms with Crippen LogP contribution in [0.4, 0.5) is 0 Å². The van der Waals surface area contributed by atoms with Crippen LogP contribution in [0.3, 0.4) is 0 Å². The summed E-state index contributed by atoms with van der Waals surface area (Å²) in [5.41, 5.74) is 5.96. The van der Waals surface area contributed by atoms with E-state index in [1.807, 2.05) is 11.8 Å². The van der Waals surface area contributed by atoms with Gasteiger partial charge < -0.3 is 10.6 Å². The third-order valence-electron chi connectivity index (χ3n) is 3.37. The zero-order chi connectivity index (χ0) is 10.5. The summed E-state index contributed by atoms with van der Waals surface area (Å²) in [7, 11) is 0. The molecule has 0 unspecified atom stereocenters. The first kappa shape index (κ1) is 14.4. The predicted molar refractivity (Wildman–Crippen MR) is 82.8 cm³/mol. The Morgan fingerprint density at radius 2 is 2.00 bits per heavy atom. The van der Waals surface area contributed by atoms with Gasteiger partial charge in [-0.1, -0.05) is 19.3 Å². The minimum Gasteiger partial charge on any atom is -0.370 e. The van der Waals surface area contributed by atoms with Crippen molar-refractivity contribution in [1.82, 2.24) is 4.90 Å². The number of aliphatic imine (C=N–C) groups is 1. The molecule has 1 aliphatic heterocycles. The Hall–Kier alpha value is 0.350. The van der Waals surface area contributed by atoms with Crippen molar-refractivity contribution in [3.8, 4) is 0 Å². The molecule has 5 heteroatoms. The highest BCUT2D eigenvalue weighted by Crippen LogP contribution is 2.29. The summed E-state index contributed by atoms with van der Waals surface area (Å²) in [6.45, 7) is 3.08. The van der Waals surface area contributed by atoms with Crippen molar-refractivity contribution in [1.29, 1.82) is 0 Å². The Morgan fingerprint density at radius 3 is 2.56 bits per heavy atom. The van der Waals surface area contributed by atoms with Gasteiger partial charge in [-0.25, -0.2) is 0 Å². The Bertz CT molecular complexity index is 225. The smallest absolute Gasteiger partial charge is 0.191 e. The molecule has 0 atom stereocenters. The molecule has 0 bridgehead atoms. The van der Waals surface area contributed by atoms with Crippen LogP contribution in [0.2, 0.25) is 0 Å². The van der Waals surface area contributed by atoms with Gasteiger partial charge in [-0.3, -0.25) is 4.99 Å². The van der Waals surface area contributed by atoms with Gasteiger partial charge in [0, 0.05) is 31.1 Å². The number of rotatable bonds is 3. The third kappa shape index (κ3) is 4.31. The lowest BCUT2D eigenvalue weighted by atomic mass is 9.83. The van der Waals surface area contributed by atoms with Gasteiger partial charge in [0.2, 0.25) is 0 Å². The number of hydrogen-bond donors (Lipinski definition) is 1. The predicted octanol–water partition coefficient (Wildman–Crippen LogP) is 2.16. The summed E-state index contributed by atoms with van der Waals surface area (Å²) in [4.78, 5) is 6.70. The van der Waals surface area contributed by atoms with E-state index >= 15 is 0 Å².